The maximum absolute atomic E-state index is 4.24. The van der Waals surface area contributed by atoms with Gasteiger partial charge in [0.2, 0.25) is 0 Å². The van der Waals surface area contributed by atoms with Crippen LogP contribution in [0.4, 0.5) is 5.82 Å². The molecule has 0 unspecified atom stereocenters. The first kappa shape index (κ1) is 9.46. The molecule has 1 aliphatic heterocycles. The predicted molar refractivity (Wildman–Crippen MR) is 58.3 cm³/mol. The summed E-state index contributed by atoms with van der Waals surface area (Å²) in [6.07, 6.45) is 4.38. The molecule has 1 aromatic heterocycles. The molecule has 2 heterocycles. The highest BCUT2D eigenvalue weighted by atomic mass is 15.0. The van der Waals surface area contributed by atoms with E-state index in [4.69, 9.17) is 0 Å². The van der Waals surface area contributed by atoms with Crippen molar-refractivity contribution in [2.75, 3.05) is 25.0 Å². The summed E-state index contributed by atoms with van der Waals surface area (Å²) in [4.78, 5) is 4.24. The first-order valence-corrected chi connectivity index (χ1v) is 5.31. The van der Waals surface area contributed by atoms with E-state index in [1.165, 1.54) is 12.8 Å². The summed E-state index contributed by atoms with van der Waals surface area (Å²) < 4.78 is 0. The fourth-order valence-corrected chi connectivity index (χ4v) is 1.80. The Bertz CT molecular complexity index is 254. The zero-order chi connectivity index (χ0) is 9.64. The molecule has 14 heavy (non-hydrogen) atoms. The maximum Gasteiger partial charge on any atom is 0.125 e. The van der Waals surface area contributed by atoms with Crippen molar-refractivity contribution < 1.29 is 0 Å². The maximum atomic E-state index is 4.24. The second-order valence-electron chi connectivity index (χ2n) is 3.79. The Morgan fingerprint density at radius 3 is 2.93 bits per heavy atom. The van der Waals surface area contributed by atoms with E-state index >= 15 is 0 Å². The van der Waals surface area contributed by atoms with Crippen molar-refractivity contribution in [3.63, 3.8) is 0 Å². The monoisotopic (exact) mass is 191 g/mol. The second-order valence-corrected chi connectivity index (χ2v) is 3.79. The molecule has 0 aromatic carbocycles. The van der Waals surface area contributed by atoms with Gasteiger partial charge in [0, 0.05) is 12.7 Å². The van der Waals surface area contributed by atoms with Gasteiger partial charge in [-0.25, -0.2) is 4.98 Å². The van der Waals surface area contributed by atoms with Crippen LogP contribution >= 0.6 is 0 Å². The Balaban J connectivity index is 1.76. The van der Waals surface area contributed by atoms with Crippen LogP contribution in [0.15, 0.2) is 24.4 Å². The summed E-state index contributed by atoms with van der Waals surface area (Å²) in [6, 6.07) is 5.97. The van der Waals surface area contributed by atoms with Gasteiger partial charge in [0.25, 0.3) is 0 Å². The number of nitrogens with one attached hydrogen (secondary N) is 2. The van der Waals surface area contributed by atoms with Crippen LogP contribution in [0.3, 0.4) is 0 Å². The first-order valence-electron chi connectivity index (χ1n) is 5.31. The van der Waals surface area contributed by atoms with Crippen molar-refractivity contribution in [2.45, 2.75) is 12.8 Å². The lowest BCUT2D eigenvalue weighted by Crippen LogP contribution is -2.31. The largest absolute Gasteiger partial charge is 0.370 e. The minimum absolute atomic E-state index is 0.804. The van der Waals surface area contributed by atoms with Gasteiger partial charge < -0.3 is 10.6 Å². The van der Waals surface area contributed by atoms with Crippen LogP contribution < -0.4 is 10.6 Å². The first-order chi connectivity index (χ1) is 6.95. The summed E-state index contributed by atoms with van der Waals surface area (Å²) in [7, 11) is 0. The smallest absolute Gasteiger partial charge is 0.125 e. The van der Waals surface area contributed by atoms with Gasteiger partial charge in [-0.1, -0.05) is 6.07 Å². The van der Waals surface area contributed by atoms with Crippen molar-refractivity contribution >= 4 is 5.82 Å². The SMILES string of the molecule is c1ccc(NCC2CCNCC2)nc1. The van der Waals surface area contributed by atoms with Crippen molar-refractivity contribution in [1.82, 2.24) is 10.3 Å². The summed E-state index contributed by atoms with van der Waals surface area (Å²) in [5.74, 6) is 1.80. The van der Waals surface area contributed by atoms with Crippen LogP contribution in [0.1, 0.15) is 12.8 Å². The molecule has 0 aliphatic carbocycles. The highest BCUT2D eigenvalue weighted by molar-refractivity contribution is 5.32. The van der Waals surface area contributed by atoms with Gasteiger partial charge in [-0.05, 0) is 44.0 Å². The van der Waals surface area contributed by atoms with Gasteiger partial charge >= 0.3 is 0 Å². The Morgan fingerprint density at radius 2 is 2.21 bits per heavy atom. The van der Waals surface area contributed by atoms with Crippen LogP contribution in [-0.4, -0.2) is 24.6 Å². The van der Waals surface area contributed by atoms with Crippen LogP contribution in [0, 0.1) is 5.92 Å². The molecule has 3 nitrogen and oxygen atoms in total. The predicted octanol–water partition coefficient (Wildman–Crippen LogP) is 1.49. The molecule has 0 bridgehead atoms. The molecule has 0 saturated carbocycles. The van der Waals surface area contributed by atoms with Crippen LogP contribution in [0.25, 0.3) is 0 Å². The topological polar surface area (TPSA) is 37.0 Å². The lowest BCUT2D eigenvalue weighted by atomic mass is 9.98. The number of pyridine rings is 1. The molecular weight excluding hydrogens is 174 g/mol. The number of nitrogens with zero attached hydrogens (tertiary/aromatic N) is 1. The Labute approximate surface area is 84.9 Å². The van der Waals surface area contributed by atoms with Crippen LogP contribution in [0.5, 0.6) is 0 Å². The van der Waals surface area contributed by atoms with E-state index in [1.807, 2.05) is 24.4 Å². The number of hydrogen-bond donors (Lipinski definition) is 2. The van der Waals surface area contributed by atoms with Gasteiger partial charge in [-0.15, -0.1) is 0 Å². The number of hydrogen-bond acceptors (Lipinski definition) is 3. The molecule has 1 aromatic rings. The number of rotatable bonds is 3. The molecule has 0 atom stereocenters. The van der Waals surface area contributed by atoms with Crippen molar-refractivity contribution in [1.29, 1.82) is 0 Å². The van der Waals surface area contributed by atoms with E-state index in [0.717, 1.165) is 31.4 Å². The van der Waals surface area contributed by atoms with E-state index in [9.17, 15) is 0 Å². The standard InChI is InChI=1S/C11H17N3/c1-2-6-13-11(3-1)14-9-10-4-7-12-8-5-10/h1-3,6,10,12H,4-5,7-9H2,(H,13,14). The Morgan fingerprint density at radius 1 is 1.36 bits per heavy atom. The molecule has 1 saturated heterocycles. The average Bonchev–Trinajstić information content (AvgIpc) is 2.29. The van der Waals surface area contributed by atoms with E-state index in [1.54, 1.807) is 0 Å². The summed E-state index contributed by atoms with van der Waals surface area (Å²) in [5.41, 5.74) is 0. The summed E-state index contributed by atoms with van der Waals surface area (Å²) in [6.45, 7) is 3.38. The third kappa shape index (κ3) is 2.70. The molecule has 0 amide bonds. The minimum atomic E-state index is 0.804. The Kier molecular flexibility index (Phi) is 3.35. The Hall–Kier alpha value is -1.09. The quantitative estimate of drug-likeness (QED) is 0.760. The molecular formula is C11H17N3. The molecule has 1 aliphatic rings. The average molecular weight is 191 g/mol. The van der Waals surface area contributed by atoms with Crippen LogP contribution in [0.2, 0.25) is 0 Å². The zero-order valence-electron chi connectivity index (χ0n) is 8.37. The van der Waals surface area contributed by atoms with E-state index in [-0.39, 0.29) is 0 Å². The van der Waals surface area contributed by atoms with Crippen molar-refractivity contribution in [3.05, 3.63) is 24.4 Å². The van der Waals surface area contributed by atoms with E-state index < -0.39 is 0 Å². The van der Waals surface area contributed by atoms with E-state index in [0.29, 0.717) is 0 Å². The van der Waals surface area contributed by atoms with Gasteiger partial charge in [0.05, 0.1) is 0 Å². The third-order valence-corrected chi connectivity index (χ3v) is 2.70. The number of anilines is 1. The second kappa shape index (κ2) is 4.96. The summed E-state index contributed by atoms with van der Waals surface area (Å²) >= 11 is 0. The molecule has 0 spiro atoms. The van der Waals surface area contributed by atoms with Crippen molar-refractivity contribution in [2.24, 2.45) is 5.92 Å². The minimum Gasteiger partial charge on any atom is -0.370 e. The molecule has 2 rings (SSSR count). The molecule has 0 radical (unpaired) electrons. The van der Waals surface area contributed by atoms with Gasteiger partial charge in [-0.3, -0.25) is 0 Å². The van der Waals surface area contributed by atoms with Gasteiger partial charge in [0.15, 0.2) is 0 Å². The van der Waals surface area contributed by atoms with Gasteiger partial charge in [-0.2, -0.15) is 0 Å². The zero-order valence-corrected chi connectivity index (χ0v) is 8.37. The van der Waals surface area contributed by atoms with Crippen LogP contribution in [-0.2, 0) is 0 Å². The number of aromatic nitrogens is 1. The summed E-state index contributed by atoms with van der Waals surface area (Å²) in [5, 5.41) is 6.74. The highest BCUT2D eigenvalue weighted by Crippen LogP contribution is 2.12. The van der Waals surface area contributed by atoms with Gasteiger partial charge in [0.1, 0.15) is 5.82 Å². The lowest BCUT2D eigenvalue weighted by molar-refractivity contribution is 0.389. The fourth-order valence-electron chi connectivity index (χ4n) is 1.80. The molecule has 1 fully saturated rings. The highest BCUT2D eigenvalue weighted by Gasteiger charge is 2.12. The van der Waals surface area contributed by atoms with Crippen molar-refractivity contribution in [3.8, 4) is 0 Å². The van der Waals surface area contributed by atoms with E-state index in [2.05, 4.69) is 15.6 Å². The molecule has 3 heteroatoms. The third-order valence-electron chi connectivity index (χ3n) is 2.70. The number of piperidine rings is 1. The molecule has 76 valence electrons. The fraction of sp³-hybridized carbons (Fsp3) is 0.545. The normalized spacial score (nSPS) is 18.0. The molecule has 2 N–H and O–H groups in total. The lowest BCUT2D eigenvalue weighted by Gasteiger charge is -2.22.